The van der Waals surface area contributed by atoms with E-state index in [1.165, 1.54) is 0 Å². The maximum Gasteiger partial charge on any atom is 0.227 e. The third-order valence-electron chi connectivity index (χ3n) is 3.25. The van der Waals surface area contributed by atoms with Crippen LogP contribution in [0.5, 0.6) is 0 Å². The lowest BCUT2D eigenvalue weighted by molar-refractivity contribution is -0.123. The van der Waals surface area contributed by atoms with Crippen molar-refractivity contribution in [1.82, 2.24) is 4.98 Å². The Kier molecular flexibility index (Phi) is 2.83. The second-order valence-corrected chi connectivity index (χ2v) is 4.35. The number of carbonyl (C=O) groups is 2. The van der Waals surface area contributed by atoms with Gasteiger partial charge in [0.15, 0.2) is 0 Å². The van der Waals surface area contributed by atoms with Gasteiger partial charge < -0.3 is 10.6 Å². The Morgan fingerprint density at radius 2 is 2.24 bits per heavy atom. The van der Waals surface area contributed by atoms with E-state index in [2.05, 4.69) is 4.98 Å². The van der Waals surface area contributed by atoms with Crippen molar-refractivity contribution in [1.29, 1.82) is 0 Å². The lowest BCUT2D eigenvalue weighted by atomic mass is 10.1. The van der Waals surface area contributed by atoms with Crippen LogP contribution in [0.25, 0.3) is 0 Å². The van der Waals surface area contributed by atoms with Gasteiger partial charge in [-0.3, -0.25) is 14.6 Å². The van der Waals surface area contributed by atoms with Crippen LogP contribution >= 0.6 is 0 Å². The van der Waals surface area contributed by atoms with E-state index >= 15 is 0 Å². The molecule has 1 unspecified atom stereocenters. The van der Waals surface area contributed by atoms with E-state index in [0.29, 0.717) is 6.54 Å². The zero-order valence-corrected chi connectivity index (χ0v) is 9.93. The Labute approximate surface area is 99.6 Å². The predicted octanol–water partition coefficient (Wildman–Crippen LogP) is 0.537. The van der Waals surface area contributed by atoms with Crippen LogP contribution in [0, 0.1) is 19.8 Å². The first-order valence-electron chi connectivity index (χ1n) is 5.52. The SMILES string of the molecule is Cc1nccc(N2CC(C(N)=O)CC2=O)c1C. The summed E-state index contributed by atoms with van der Waals surface area (Å²) in [7, 11) is 0. The van der Waals surface area contributed by atoms with Crippen LogP contribution in [0.4, 0.5) is 5.69 Å². The maximum absolute atomic E-state index is 11.9. The highest BCUT2D eigenvalue weighted by Crippen LogP contribution is 2.28. The average molecular weight is 233 g/mol. The Morgan fingerprint density at radius 3 is 2.82 bits per heavy atom. The van der Waals surface area contributed by atoms with Gasteiger partial charge in [-0.2, -0.15) is 0 Å². The standard InChI is InChI=1S/C12H15N3O2/c1-7-8(2)14-4-3-10(7)15-6-9(12(13)17)5-11(15)16/h3-4,9H,5-6H2,1-2H3,(H2,13,17). The van der Waals surface area contributed by atoms with E-state index < -0.39 is 5.91 Å². The molecule has 1 atom stereocenters. The van der Waals surface area contributed by atoms with Crippen molar-refractivity contribution in [3.05, 3.63) is 23.5 Å². The lowest BCUT2D eigenvalue weighted by Gasteiger charge is -2.19. The van der Waals surface area contributed by atoms with Gasteiger partial charge in [-0.1, -0.05) is 0 Å². The van der Waals surface area contributed by atoms with Crippen molar-refractivity contribution in [2.75, 3.05) is 11.4 Å². The number of rotatable bonds is 2. The molecule has 1 fully saturated rings. The largest absolute Gasteiger partial charge is 0.369 e. The van der Waals surface area contributed by atoms with Gasteiger partial charge in [-0.15, -0.1) is 0 Å². The van der Waals surface area contributed by atoms with E-state index in [0.717, 1.165) is 16.9 Å². The first-order chi connectivity index (χ1) is 8.00. The zero-order valence-electron chi connectivity index (χ0n) is 9.93. The molecule has 0 bridgehead atoms. The van der Waals surface area contributed by atoms with Crippen molar-refractivity contribution in [2.24, 2.45) is 11.7 Å². The minimum atomic E-state index is -0.413. The van der Waals surface area contributed by atoms with Crippen molar-refractivity contribution >= 4 is 17.5 Å². The summed E-state index contributed by atoms with van der Waals surface area (Å²) in [4.78, 5) is 28.7. The lowest BCUT2D eigenvalue weighted by Crippen LogP contribution is -2.29. The molecule has 0 radical (unpaired) electrons. The average Bonchev–Trinajstić information content (AvgIpc) is 2.65. The van der Waals surface area contributed by atoms with Crippen LogP contribution in [-0.4, -0.2) is 23.3 Å². The van der Waals surface area contributed by atoms with E-state index in [4.69, 9.17) is 5.73 Å². The predicted molar refractivity (Wildman–Crippen MR) is 63.4 cm³/mol. The number of nitrogens with two attached hydrogens (primary N) is 1. The van der Waals surface area contributed by atoms with Gasteiger partial charge in [-0.25, -0.2) is 0 Å². The number of hydrogen-bond donors (Lipinski definition) is 1. The summed E-state index contributed by atoms with van der Waals surface area (Å²) in [6.07, 6.45) is 1.87. The molecule has 1 aromatic rings. The number of anilines is 1. The molecule has 0 aromatic carbocycles. The fourth-order valence-corrected chi connectivity index (χ4v) is 2.05. The number of pyridine rings is 1. The molecule has 1 saturated heterocycles. The molecule has 2 amide bonds. The highest BCUT2D eigenvalue weighted by atomic mass is 16.2. The second-order valence-electron chi connectivity index (χ2n) is 4.35. The number of aromatic nitrogens is 1. The summed E-state index contributed by atoms with van der Waals surface area (Å²) in [5.41, 5.74) is 7.91. The van der Waals surface area contributed by atoms with Crippen molar-refractivity contribution < 1.29 is 9.59 Å². The van der Waals surface area contributed by atoms with Crippen LogP contribution in [0.3, 0.4) is 0 Å². The molecule has 1 aliphatic heterocycles. The molecule has 2 heterocycles. The van der Waals surface area contributed by atoms with Crippen LogP contribution in [0.1, 0.15) is 17.7 Å². The smallest absolute Gasteiger partial charge is 0.227 e. The molecule has 2 rings (SSSR count). The molecule has 1 aliphatic rings. The molecule has 90 valence electrons. The number of amides is 2. The zero-order chi connectivity index (χ0) is 12.6. The molecule has 5 heteroatoms. The molecular weight excluding hydrogens is 218 g/mol. The fourth-order valence-electron chi connectivity index (χ4n) is 2.05. The van der Waals surface area contributed by atoms with Gasteiger partial charge in [0.2, 0.25) is 11.8 Å². The molecular formula is C12H15N3O2. The van der Waals surface area contributed by atoms with Crippen LogP contribution in [0.2, 0.25) is 0 Å². The number of carbonyl (C=O) groups excluding carboxylic acids is 2. The van der Waals surface area contributed by atoms with Gasteiger partial charge in [0, 0.05) is 30.5 Å². The van der Waals surface area contributed by atoms with Gasteiger partial charge >= 0.3 is 0 Å². The topological polar surface area (TPSA) is 76.3 Å². The number of nitrogens with zero attached hydrogens (tertiary/aromatic N) is 2. The molecule has 0 spiro atoms. The van der Waals surface area contributed by atoms with E-state index in [1.807, 2.05) is 13.8 Å². The summed E-state index contributed by atoms with van der Waals surface area (Å²) >= 11 is 0. The summed E-state index contributed by atoms with van der Waals surface area (Å²) in [5.74, 6) is -0.845. The van der Waals surface area contributed by atoms with E-state index in [-0.39, 0.29) is 18.2 Å². The van der Waals surface area contributed by atoms with Gasteiger partial charge in [0.05, 0.1) is 5.92 Å². The highest BCUT2D eigenvalue weighted by Gasteiger charge is 2.34. The molecule has 0 aliphatic carbocycles. The molecule has 5 nitrogen and oxygen atoms in total. The van der Waals surface area contributed by atoms with Crippen molar-refractivity contribution in [3.63, 3.8) is 0 Å². The summed E-state index contributed by atoms with van der Waals surface area (Å²) < 4.78 is 0. The summed E-state index contributed by atoms with van der Waals surface area (Å²) in [5, 5.41) is 0. The molecule has 1 aromatic heterocycles. The Hall–Kier alpha value is -1.91. The Morgan fingerprint density at radius 1 is 1.53 bits per heavy atom. The number of hydrogen-bond acceptors (Lipinski definition) is 3. The third kappa shape index (κ3) is 2.00. The molecule has 0 saturated carbocycles. The quantitative estimate of drug-likeness (QED) is 0.809. The van der Waals surface area contributed by atoms with Gasteiger partial charge in [0.25, 0.3) is 0 Å². The molecule has 17 heavy (non-hydrogen) atoms. The number of primary amides is 1. The van der Waals surface area contributed by atoms with Crippen LogP contribution in [-0.2, 0) is 9.59 Å². The van der Waals surface area contributed by atoms with Crippen LogP contribution in [0.15, 0.2) is 12.3 Å². The van der Waals surface area contributed by atoms with Gasteiger partial charge in [0.1, 0.15) is 0 Å². The highest BCUT2D eigenvalue weighted by molar-refractivity contribution is 6.00. The normalized spacial score (nSPS) is 19.8. The first-order valence-corrected chi connectivity index (χ1v) is 5.52. The van der Waals surface area contributed by atoms with Crippen molar-refractivity contribution in [3.8, 4) is 0 Å². The van der Waals surface area contributed by atoms with Crippen LogP contribution < -0.4 is 10.6 Å². The summed E-state index contributed by atoms with van der Waals surface area (Å²) in [6, 6.07) is 1.80. The van der Waals surface area contributed by atoms with E-state index in [9.17, 15) is 9.59 Å². The minimum absolute atomic E-state index is 0.0532. The Bertz CT molecular complexity index is 485. The van der Waals surface area contributed by atoms with Crippen molar-refractivity contribution in [2.45, 2.75) is 20.3 Å². The Balaban J connectivity index is 2.32. The first kappa shape index (κ1) is 11.6. The monoisotopic (exact) mass is 233 g/mol. The summed E-state index contributed by atoms with van der Waals surface area (Å²) in [6.45, 7) is 4.19. The second kappa shape index (κ2) is 4.16. The van der Waals surface area contributed by atoms with E-state index in [1.54, 1.807) is 17.2 Å². The van der Waals surface area contributed by atoms with Gasteiger partial charge in [-0.05, 0) is 25.5 Å². The minimum Gasteiger partial charge on any atom is -0.369 e. The third-order valence-corrected chi connectivity index (χ3v) is 3.25. The number of aryl methyl sites for hydroxylation is 1. The fraction of sp³-hybridized carbons (Fsp3) is 0.417. The molecule has 2 N–H and O–H groups in total. The maximum atomic E-state index is 11.9.